The highest BCUT2D eigenvalue weighted by molar-refractivity contribution is 7.18. The normalized spacial score (nSPS) is 19.0. The third-order valence-corrected chi connectivity index (χ3v) is 6.91. The summed E-state index contributed by atoms with van der Waals surface area (Å²) in [7, 11) is 0. The van der Waals surface area contributed by atoms with Gasteiger partial charge in [-0.05, 0) is 55.9 Å². The molecule has 2 aliphatic rings. The van der Waals surface area contributed by atoms with Crippen LogP contribution in [0, 0.1) is 5.92 Å². The van der Waals surface area contributed by atoms with Gasteiger partial charge in [0, 0.05) is 10.4 Å². The first-order valence-electron chi connectivity index (χ1n) is 9.85. The Morgan fingerprint density at radius 3 is 3.11 bits per heavy atom. The molecule has 0 unspecified atom stereocenters. The van der Waals surface area contributed by atoms with Crippen LogP contribution in [-0.4, -0.2) is 16.8 Å². The van der Waals surface area contributed by atoms with Gasteiger partial charge < -0.3 is 19.8 Å². The van der Waals surface area contributed by atoms with Gasteiger partial charge in [0.15, 0.2) is 17.3 Å². The molecular weight excluding hydrogens is 374 g/mol. The second-order valence-electron chi connectivity index (χ2n) is 7.90. The lowest BCUT2D eigenvalue weighted by atomic mass is 9.89. The van der Waals surface area contributed by atoms with Gasteiger partial charge in [-0.2, -0.15) is 0 Å². The van der Waals surface area contributed by atoms with E-state index < -0.39 is 0 Å². The van der Waals surface area contributed by atoms with Crippen molar-refractivity contribution in [3.63, 3.8) is 0 Å². The number of nitrogens with two attached hydrogens (primary N) is 1. The molecule has 5 rings (SSSR count). The van der Waals surface area contributed by atoms with Gasteiger partial charge in [0.05, 0.1) is 5.39 Å². The van der Waals surface area contributed by atoms with Crippen LogP contribution in [0.5, 0.6) is 11.5 Å². The summed E-state index contributed by atoms with van der Waals surface area (Å²) in [5.74, 6) is 3.02. The van der Waals surface area contributed by atoms with E-state index in [1.807, 2.05) is 18.2 Å². The Hall–Kier alpha value is -2.38. The lowest BCUT2D eigenvalue weighted by molar-refractivity contribution is -0.709. The van der Waals surface area contributed by atoms with Crippen LogP contribution in [0.25, 0.3) is 10.2 Å². The molecular formula is C21H24N3O3S+. The van der Waals surface area contributed by atoms with Crippen molar-refractivity contribution in [1.29, 1.82) is 0 Å². The van der Waals surface area contributed by atoms with Crippen LogP contribution in [0.15, 0.2) is 23.0 Å². The lowest BCUT2D eigenvalue weighted by Crippen LogP contribution is -2.83. The molecule has 3 heterocycles. The maximum absolute atomic E-state index is 12.8. The Morgan fingerprint density at radius 2 is 2.21 bits per heavy atom. The van der Waals surface area contributed by atoms with Crippen LogP contribution in [0.2, 0.25) is 0 Å². The Balaban J connectivity index is 1.37. The van der Waals surface area contributed by atoms with Crippen molar-refractivity contribution in [1.82, 2.24) is 9.97 Å². The minimum absolute atomic E-state index is 0.00961. The number of fused-ring (bicyclic) bond motifs is 4. The third-order valence-electron chi connectivity index (χ3n) is 5.76. The fourth-order valence-corrected chi connectivity index (χ4v) is 5.46. The van der Waals surface area contributed by atoms with E-state index in [-0.39, 0.29) is 18.4 Å². The smallest absolute Gasteiger partial charge is 0.260 e. The highest BCUT2D eigenvalue weighted by Gasteiger charge is 2.24. The Morgan fingerprint density at radius 1 is 1.36 bits per heavy atom. The quantitative estimate of drug-likeness (QED) is 0.708. The number of ether oxygens (including phenoxy) is 2. The topological polar surface area (TPSA) is 80.8 Å². The number of nitrogens with one attached hydrogen (secondary N) is 1. The molecule has 0 fully saturated rings. The standard InChI is InChI=1S/C21H23N3O3S/c1-11-3-5-14-17(7-11)28-21-18(14)20(25)23-19(24-21)12(2)22-9-13-4-6-15-16(8-13)27-10-26-15/h4,6,8,11-12,22H,3,5,7,9-10H2,1-2H3,(H,23,24,25)/p+1/t11-,12+/m0/s1. The molecule has 7 heteroatoms. The maximum Gasteiger partial charge on any atom is 0.260 e. The van der Waals surface area contributed by atoms with Crippen LogP contribution in [0.3, 0.4) is 0 Å². The number of aryl methyl sites for hydroxylation is 1. The number of rotatable bonds is 4. The van der Waals surface area contributed by atoms with Crippen LogP contribution in [-0.2, 0) is 19.4 Å². The molecule has 146 valence electrons. The molecule has 1 aliphatic heterocycles. The van der Waals surface area contributed by atoms with Crippen molar-refractivity contribution in [2.75, 3.05) is 6.79 Å². The minimum atomic E-state index is 0.00961. The van der Waals surface area contributed by atoms with E-state index in [1.54, 1.807) is 11.3 Å². The largest absolute Gasteiger partial charge is 0.454 e. The fraction of sp³-hybridized carbons (Fsp3) is 0.429. The maximum atomic E-state index is 12.8. The number of quaternary nitrogens is 1. The summed E-state index contributed by atoms with van der Waals surface area (Å²) in [5.41, 5.74) is 2.39. The molecule has 1 aromatic carbocycles. The Bertz CT molecular complexity index is 1100. The molecule has 0 saturated heterocycles. The summed E-state index contributed by atoms with van der Waals surface area (Å²) in [4.78, 5) is 22.9. The van der Waals surface area contributed by atoms with Gasteiger partial charge in [-0.1, -0.05) is 6.92 Å². The monoisotopic (exact) mass is 398 g/mol. The van der Waals surface area contributed by atoms with E-state index in [9.17, 15) is 4.79 Å². The van der Waals surface area contributed by atoms with Crippen LogP contribution in [0.4, 0.5) is 0 Å². The van der Waals surface area contributed by atoms with Gasteiger partial charge in [-0.3, -0.25) is 4.79 Å². The van der Waals surface area contributed by atoms with E-state index in [0.29, 0.717) is 5.92 Å². The molecule has 2 aromatic heterocycles. The third kappa shape index (κ3) is 3.08. The number of aromatic nitrogens is 2. The highest BCUT2D eigenvalue weighted by atomic mass is 32.1. The molecule has 0 amide bonds. The van der Waals surface area contributed by atoms with Gasteiger partial charge >= 0.3 is 0 Å². The second-order valence-corrected chi connectivity index (χ2v) is 8.98. The van der Waals surface area contributed by atoms with E-state index in [4.69, 9.17) is 14.5 Å². The predicted octanol–water partition coefficient (Wildman–Crippen LogP) is 2.66. The van der Waals surface area contributed by atoms with E-state index >= 15 is 0 Å². The number of aromatic amines is 1. The van der Waals surface area contributed by atoms with Gasteiger partial charge in [-0.15, -0.1) is 11.3 Å². The molecule has 3 N–H and O–H groups in total. The zero-order valence-electron chi connectivity index (χ0n) is 16.1. The van der Waals surface area contributed by atoms with Crippen molar-refractivity contribution >= 4 is 21.6 Å². The zero-order chi connectivity index (χ0) is 19.3. The molecule has 1 aliphatic carbocycles. The molecule has 3 aromatic rings. The van der Waals surface area contributed by atoms with Gasteiger partial charge in [0.25, 0.3) is 5.56 Å². The van der Waals surface area contributed by atoms with Crippen LogP contribution in [0.1, 0.15) is 48.1 Å². The second kappa shape index (κ2) is 6.90. The Kier molecular flexibility index (Phi) is 4.36. The number of benzene rings is 1. The van der Waals surface area contributed by atoms with Crippen molar-refractivity contribution in [2.45, 2.75) is 45.7 Å². The summed E-state index contributed by atoms with van der Waals surface area (Å²) in [5, 5.41) is 3.00. The van der Waals surface area contributed by atoms with E-state index in [0.717, 1.165) is 58.9 Å². The minimum Gasteiger partial charge on any atom is -0.454 e. The van der Waals surface area contributed by atoms with Crippen molar-refractivity contribution < 1.29 is 14.8 Å². The summed E-state index contributed by atoms with van der Waals surface area (Å²) < 4.78 is 10.8. The summed E-state index contributed by atoms with van der Waals surface area (Å²) in [6, 6.07) is 6.06. The average Bonchev–Trinajstić information content (AvgIpc) is 3.29. The van der Waals surface area contributed by atoms with E-state index in [2.05, 4.69) is 24.1 Å². The number of thiophene rings is 1. The summed E-state index contributed by atoms with van der Waals surface area (Å²) in [6.45, 7) is 5.42. The number of H-pyrrole nitrogens is 1. The first kappa shape index (κ1) is 17.7. The molecule has 0 radical (unpaired) electrons. The Labute approximate surface area is 166 Å². The molecule has 0 spiro atoms. The predicted molar refractivity (Wildman–Crippen MR) is 108 cm³/mol. The van der Waals surface area contributed by atoms with Crippen molar-refractivity contribution in [2.24, 2.45) is 5.92 Å². The first-order chi connectivity index (χ1) is 13.6. The molecule has 6 nitrogen and oxygen atoms in total. The van der Waals surface area contributed by atoms with Gasteiger partial charge in [-0.25, -0.2) is 4.98 Å². The fourth-order valence-electron chi connectivity index (χ4n) is 4.07. The molecule has 28 heavy (non-hydrogen) atoms. The highest BCUT2D eigenvalue weighted by Crippen LogP contribution is 2.36. The van der Waals surface area contributed by atoms with Crippen LogP contribution >= 0.6 is 11.3 Å². The van der Waals surface area contributed by atoms with Crippen LogP contribution < -0.4 is 20.3 Å². The summed E-state index contributed by atoms with van der Waals surface area (Å²) in [6.07, 6.45) is 3.21. The summed E-state index contributed by atoms with van der Waals surface area (Å²) >= 11 is 1.70. The SMILES string of the molecule is C[C@H]1CCc2c(sc3nc([C@@H](C)[NH2+]Cc4ccc5c(c4)OCO5)[nH]c(=O)c23)C1. The average molecular weight is 399 g/mol. The van der Waals surface area contributed by atoms with Gasteiger partial charge in [0.1, 0.15) is 17.4 Å². The number of nitrogens with zero attached hydrogens (tertiary/aromatic N) is 1. The molecule has 2 atom stereocenters. The lowest BCUT2D eigenvalue weighted by Gasteiger charge is -2.17. The first-order valence-corrected chi connectivity index (χ1v) is 10.7. The van der Waals surface area contributed by atoms with E-state index in [1.165, 1.54) is 10.4 Å². The number of hydrogen-bond donors (Lipinski definition) is 2. The number of hydrogen-bond acceptors (Lipinski definition) is 5. The van der Waals surface area contributed by atoms with Crippen molar-refractivity contribution in [3.05, 3.63) is 50.4 Å². The molecule has 0 bridgehead atoms. The molecule has 0 saturated carbocycles. The zero-order valence-corrected chi connectivity index (χ0v) is 16.9. The van der Waals surface area contributed by atoms with Gasteiger partial charge in [0.2, 0.25) is 6.79 Å². The van der Waals surface area contributed by atoms with Crippen molar-refractivity contribution in [3.8, 4) is 11.5 Å².